The highest BCUT2D eigenvalue weighted by Crippen LogP contribution is 2.15. The molecule has 1 atom stereocenters. The van der Waals surface area contributed by atoms with Gasteiger partial charge in [0.2, 0.25) is 0 Å². The molecule has 4 heteroatoms. The van der Waals surface area contributed by atoms with Gasteiger partial charge in [-0.3, -0.25) is 9.78 Å². The van der Waals surface area contributed by atoms with Crippen LogP contribution in [0.3, 0.4) is 0 Å². The highest BCUT2D eigenvalue weighted by atomic mass is 16.1. The van der Waals surface area contributed by atoms with E-state index in [9.17, 15) is 4.79 Å². The van der Waals surface area contributed by atoms with Crippen molar-refractivity contribution >= 4 is 11.6 Å². The van der Waals surface area contributed by atoms with Crippen LogP contribution in [0.25, 0.3) is 0 Å². The van der Waals surface area contributed by atoms with Crippen LogP contribution in [0, 0.1) is 6.92 Å². The molecule has 0 saturated heterocycles. The number of hydrogen-bond donors (Lipinski definition) is 2. The van der Waals surface area contributed by atoms with Crippen molar-refractivity contribution in [3.8, 4) is 0 Å². The number of pyridine rings is 1. The van der Waals surface area contributed by atoms with Crippen LogP contribution in [0.4, 0.5) is 5.69 Å². The van der Waals surface area contributed by atoms with Crippen molar-refractivity contribution in [3.05, 3.63) is 23.5 Å². The third-order valence-corrected chi connectivity index (χ3v) is 2.92. The Kier molecular flexibility index (Phi) is 5.62. The van der Waals surface area contributed by atoms with Gasteiger partial charge in [-0.1, -0.05) is 19.8 Å². The van der Waals surface area contributed by atoms with Gasteiger partial charge in [-0.2, -0.15) is 0 Å². The molecule has 1 aromatic heterocycles. The molecule has 4 nitrogen and oxygen atoms in total. The summed E-state index contributed by atoms with van der Waals surface area (Å²) in [5.74, 6) is -0.0598. The van der Waals surface area contributed by atoms with E-state index in [2.05, 4.69) is 22.5 Å². The normalized spacial score (nSPS) is 12.0. The Hall–Kier alpha value is -1.58. The molecule has 1 unspecified atom stereocenters. The molecule has 1 rings (SSSR count). The molecule has 2 N–H and O–H groups in total. The van der Waals surface area contributed by atoms with Crippen molar-refractivity contribution in [2.24, 2.45) is 0 Å². The molecule has 0 aliphatic carbocycles. The number of carbonyl (C=O) groups excluding carboxylic acids is 1. The molecule has 0 radical (unpaired) electrons. The van der Waals surface area contributed by atoms with Crippen molar-refractivity contribution in [1.29, 1.82) is 0 Å². The molecule has 0 saturated carbocycles. The van der Waals surface area contributed by atoms with Crippen LogP contribution in [0.2, 0.25) is 0 Å². The zero-order valence-electron chi connectivity index (χ0n) is 11.7. The van der Waals surface area contributed by atoms with E-state index >= 15 is 0 Å². The monoisotopic (exact) mass is 249 g/mol. The van der Waals surface area contributed by atoms with Crippen molar-refractivity contribution in [2.75, 3.05) is 12.4 Å². The lowest BCUT2D eigenvalue weighted by atomic mass is 10.1. The van der Waals surface area contributed by atoms with Gasteiger partial charge in [0, 0.05) is 25.0 Å². The Morgan fingerprint density at radius 3 is 2.83 bits per heavy atom. The number of nitrogens with one attached hydrogen (secondary N) is 2. The summed E-state index contributed by atoms with van der Waals surface area (Å²) in [5.41, 5.74) is 2.32. The molecular weight excluding hydrogens is 226 g/mol. The number of hydrogen-bond acceptors (Lipinski definition) is 3. The average molecular weight is 249 g/mol. The first-order chi connectivity index (χ1) is 8.58. The van der Waals surface area contributed by atoms with E-state index in [4.69, 9.17) is 0 Å². The Morgan fingerprint density at radius 1 is 1.50 bits per heavy atom. The minimum absolute atomic E-state index is 0.0598. The SMILES string of the molecule is CCCCC(C)NC(=O)c1cnc(C)cc1NC. The summed E-state index contributed by atoms with van der Waals surface area (Å²) in [7, 11) is 1.81. The van der Waals surface area contributed by atoms with E-state index < -0.39 is 0 Å². The predicted molar refractivity (Wildman–Crippen MR) is 75.0 cm³/mol. The summed E-state index contributed by atoms with van der Waals surface area (Å²) in [4.78, 5) is 16.3. The van der Waals surface area contributed by atoms with Gasteiger partial charge in [0.25, 0.3) is 5.91 Å². The Bertz CT molecular complexity index is 404. The Morgan fingerprint density at radius 2 is 2.22 bits per heavy atom. The van der Waals surface area contributed by atoms with E-state index in [0.717, 1.165) is 30.6 Å². The molecule has 1 aromatic rings. The summed E-state index contributed by atoms with van der Waals surface area (Å²) in [6.07, 6.45) is 4.92. The third-order valence-electron chi connectivity index (χ3n) is 2.92. The maximum absolute atomic E-state index is 12.1. The van der Waals surface area contributed by atoms with Crippen LogP contribution in [-0.2, 0) is 0 Å². The Balaban J connectivity index is 2.72. The number of nitrogens with zero attached hydrogens (tertiary/aromatic N) is 1. The van der Waals surface area contributed by atoms with Gasteiger partial charge < -0.3 is 10.6 Å². The standard InChI is InChI=1S/C14H23N3O/c1-5-6-7-10(2)17-14(18)12-9-16-11(3)8-13(12)15-4/h8-10H,5-7H2,1-4H3,(H,15,16)(H,17,18). The quantitative estimate of drug-likeness (QED) is 0.815. The largest absolute Gasteiger partial charge is 0.387 e. The summed E-state index contributed by atoms with van der Waals surface area (Å²) in [5, 5.41) is 6.04. The topological polar surface area (TPSA) is 54.0 Å². The minimum atomic E-state index is -0.0598. The van der Waals surface area contributed by atoms with Crippen molar-refractivity contribution in [2.45, 2.75) is 46.1 Å². The van der Waals surface area contributed by atoms with Gasteiger partial charge in [0.05, 0.1) is 11.3 Å². The van der Waals surface area contributed by atoms with E-state index in [1.165, 1.54) is 0 Å². The molecule has 0 aliphatic rings. The van der Waals surface area contributed by atoms with Gasteiger partial charge >= 0.3 is 0 Å². The second-order valence-electron chi connectivity index (χ2n) is 4.64. The summed E-state index contributed by atoms with van der Waals surface area (Å²) < 4.78 is 0. The molecule has 1 amide bonds. The minimum Gasteiger partial charge on any atom is -0.387 e. The lowest BCUT2D eigenvalue weighted by Crippen LogP contribution is -2.33. The lowest BCUT2D eigenvalue weighted by Gasteiger charge is -2.15. The summed E-state index contributed by atoms with van der Waals surface area (Å²) in [6, 6.07) is 2.08. The summed E-state index contributed by atoms with van der Waals surface area (Å²) >= 11 is 0. The van der Waals surface area contributed by atoms with Crippen LogP contribution in [0.5, 0.6) is 0 Å². The molecule has 100 valence electrons. The number of anilines is 1. The van der Waals surface area contributed by atoms with Crippen LogP contribution in [0.15, 0.2) is 12.3 Å². The first-order valence-electron chi connectivity index (χ1n) is 6.53. The second-order valence-corrected chi connectivity index (χ2v) is 4.64. The van der Waals surface area contributed by atoms with Gasteiger partial charge in [0.1, 0.15) is 0 Å². The van der Waals surface area contributed by atoms with Crippen LogP contribution in [0.1, 0.15) is 49.2 Å². The van der Waals surface area contributed by atoms with E-state index in [-0.39, 0.29) is 11.9 Å². The maximum Gasteiger partial charge on any atom is 0.255 e. The molecule has 18 heavy (non-hydrogen) atoms. The predicted octanol–water partition coefficient (Wildman–Crippen LogP) is 2.74. The fourth-order valence-corrected chi connectivity index (χ4v) is 1.83. The van der Waals surface area contributed by atoms with E-state index in [0.29, 0.717) is 5.56 Å². The zero-order valence-corrected chi connectivity index (χ0v) is 11.7. The summed E-state index contributed by atoms with van der Waals surface area (Å²) in [6.45, 7) is 6.10. The fraction of sp³-hybridized carbons (Fsp3) is 0.571. The first-order valence-corrected chi connectivity index (χ1v) is 6.53. The van der Waals surface area contributed by atoms with Crippen molar-refractivity contribution in [3.63, 3.8) is 0 Å². The fourth-order valence-electron chi connectivity index (χ4n) is 1.83. The number of aryl methyl sites for hydroxylation is 1. The van der Waals surface area contributed by atoms with Gasteiger partial charge in [-0.05, 0) is 26.3 Å². The average Bonchev–Trinajstić information content (AvgIpc) is 2.35. The highest BCUT2D eigenvalue weighted by molar-refractivity contribution is 5.99. The Labute approximate surface area is 109 Å². The first kappa shape index (κ1) is 14.5. The number of aromatic nitrogens is 1. The van der Waals surface area contributed by atoms with Gasteiger partial charge in [-0.25, -0.2) is 0 Å². The van der Waals surface area contributed by atoms with Crippen LogP contribution in [-0.4, -0.2) is 24.0 Å². The van der Waals surface area contributed by atoms with Crippen LogP contribution >= 0.6 is 0 Å². The van der Waals surface area contributed by atoms with Gasteiger partial charge in [0.15, 0.2) is 0 Å². The molecule has 0 aromatic carbocycles. The van der Waals surface area contributed by atoms with Crippen molar-refractivity contribution < 1.29 is 4.79 Å². The van der Waals surface area contributed by atoms with Gasteiger partial charge in [-0.15, -0.1) is 0 Å². The molecule has 1 heterocycles. The lowest BCUT2D eigenvalue weighted by molar-refractivity contribution is 0.0938. The number of carbonyl (C=O) groups is 1. The molecule has 0 fully saturated rings. The highest BCUT2D eigenvalue weighted by Gasteiger charge is 2.13. The zero-order chi connectivity index (χ0) is 13.5. The number of amides is 1. The number of rotatable bonds is 6. The van der Waals surface area contributed by atoms with E-state index in [1.54, 1.807) is 6.20 Å². The molecule has 0 aliphatic heterocycles. The van der Waals surface area contributed by atoms with Crippen LogP contribution < -0.4 is 10.6 Å². The maximum atomic E-state index is 12.1. The third kappa shape index (κ3) is 4.02. The van der Waals surface area contributed by atoms with E-state index in [1.807, 2.05) is 27.0 Å². The molecule has 0 bridgehead atoms. The number of unbranched alkanes of at least 4 members (excludes halogenated alkanes) is 1. The van der Waals surface area contributed by atoms with Crippen molar-refractivity contribution in [1.82, 2.24) is 10.3 Å². The smallest absolute Gasteiger partial charge is 0.255 e. The second kappa shape index (κ2) is 6.99. The molecular formula is C14H23N3O. The molecule has 0 spiro atoms.